The minimum absolute atomic E-state index is 0.0102. The summed E-state index contributed by atoms with van der Waals surface area (Å²) in [5.41, 5.74) is 1.38. The second-order valence-corrected chi connectivity index (χ2v) is 6.31. The topological polar surface area (TPSA) is 92.6 Å². The molecule has 0 unspecified atom stereocenters. The summed E-state index contributed by atoms with van der Waals surface area (Å²) in [6.45, 7) is 0.0102. The number of nitro groups is 1. The lowest BCUT2D eigenvalue weighted by atomic mass is 9.92. The van der Waals surface area contributed by atoms with Gasteiger partial charge in [0, 0.05) is 12.1 Å². The number of hydrogen-bond acceptors (Lipinski definition) is 4. The van der Waals surface area contributed by atoms with Gasteiger partial charge in [-0.05, 0) is 29.5 Å². The van der Waals surface area contributed by atoms with Crippen LogP contribution in [0.15, 0.2) is 48.5 Å². The van der Waals surface area contributed by atoms with Gasteiger partial charge in [0.2, 0.25) is 0 Å². The molecule has 0 bridgehead atoms. The Balaban J connectivity index is 1.65. The molecule has 1 fully saturated rings. The highest BCUT2D eigenvalue weighted by Crippen LogP contribution is 2.41. The van der Waals surface area contributed by atoms with Gasteiger partial charge in [0.25, 0.3) is 11.6 Å². The van der Waals surface area contributed by atoms with Gasteiger partial charge in [0.15, 0.2) is 0 Å². The number of nitrogens with one attached hydrogen (secondary N) is 1. The fourth-order valence-corrected chi connectivity index (χ4v) is 3.68. The minimum Gasteiger partial charge on any atom is -0.319 e. The number of amides is 3. The first-order valence-electron chi connectivity index (χ1n) is 7.97. The van der Waals surface area contributed by atoms with E-state index >= 15 is 0 Å². The predicted octanol–water partition coefficient (Wildman–Crippen LogP) is 2.49. The van der Waals surface area contributed by atoms with Crippen LogP contribution in [-0.4, -0.2) is 21.8 Å². The molecule has 2 aromatic rings. The number of aryl methyl sites for hydroxylation is 1. The Hall–Kier alpha value is -3.22. The normalized spacial score (nSPS) is 21.5. The number of fused-ring (bicyclic) bond motifs is 2. The zero-order chi connectivity index (χ0) is 17.6. The van der Waals surface area contributed by atoms with Crippen molar-refractivity contribution in [2.45, 2.75) is 24.9 Å². The van der Waals surface area contributed by atoms with E-state index in [1.165, 1.54) is 12.1 Å². The molecule has 1 atom stereocenters. The van der Waals surface area contributed by atoms with Gasteiger partial charge in [-0.25, -0.2) is 4.79 Å². The number of rotatable bonds is 3. The number of carbonyl (C=O) groups excluding carboxylic acids is 2. The molecule has 2 aliphatic rings. The number of urea groups is 1. The first-order valence-corrected chi connectivity index (χ1v) is 7.97. The molecule has 0 radical (unpaired) electrons. The summed E-state index contributed by atoms with van der Waals surface area (Å²) in [6.07, 6.45) is 1.26. The number of hydrogen-bond donors (Lipinski definition) is 1. The molecule has 126 valence electrons. The molecule has 1 heterocycles. The maximum absolute atomic E-state index is 13.0. The van der Waals surface area contributed by atoms with Gasteiger partial charge >= 0.3 is 6.03 Å². The van der Waals surface area contributed by atoms with Crippen molar-refractivity contribution in [1.82, 2.24) is 10.2 Å². The molecule has 3 amide bonds. The maximum atomic E-state index is 13.0. The zero-order valence-electron chi connectivity index (χ0n) is 13.3. The van der Waals surface area contributed by atoms with Crippen LogP contribution in [0.2, 0.25) is 0 Å². The number of imide groups is 1. The van der Waals surface area contributed by atoms with Crippen molar-refractivity contribution in [3.8, 4) is 0 Å². The van der Waals surface area contributed by atoms with Crippen LogP contribution in [0.3, 0.4) is 0 Å². The predicted molar refractivity (Wildman–Crippen MR) is 88.6 cm³/mol. The van der Waals surface area contributed by atoms with Crippen molar-refractivity contribution >= 4 is 17.6 Å². The van der Waals surface area contributed by atoms with Gasteiger partial charge in [-0.3, -0.25) is 19.8 Å². The summed E-state index contributed by atoms with van der Waals surface area (Å²) in [5.74, 6) is -0.297. The second kappa shape index (κ2) is 5.41. The summed E-state index contributed by atoms with van der Waals surface area (Å²) < 4.78 is 0. The molecule has 7 nitrogen and oxygen atoms in total. The van der Waals surface area contributed by atoms with E-state index in [9.17, 15) is 19.7 Å². The van der Waals surface area contributed by atoms with E-state index in [4.69, 9.17) is 0 Å². The molecule has 1 saturated heterocycles. The molecule has 2 aromatic carbocycles. The van der Waals surface area contributed by atoms with Crippen molar-refractivity contribution in [1.29, 1.82) is 0 Å². The number of benzene rings is 2. The van der Waals surface area contributed by atoms with Gasteiger partial charge < -0.3 is 5.32 Å². The average Bonchev–Trinajstić information content (AvgIpc) is 3.09. The molecule has 25 heavy (non-hydrogen) atoms. The molecule has 1 aliphatic carbocycles. The highest BCUT2D eigenvalue weighted by atomic mass is 16.6. The summed E-state index contributed by atoms with van der Waals surface area (Å²) in [4.78, 5) is 37.0. The quantitative estimate of drug-likeness (QED) is 0.529. The smallest absolute Gasteiger partial charge is 0.319 e. The van der Waals surface area contributed by atoms with Crippen LogP contribution in [0.4, 0.5) is 10.5 Å². The van der Waals surface area contributed by atoms with Crippen LogP contribution in [0, 0.1) is 10.1 Å². The lowest BCUT2D eigenvalue weighted by Gasteiger charge is -2.22. The number of non-ortho nitro benzene ring substituents is 1. The van der Waals surface area contributed by atoms with Crippen LogP contribution in [-0.2, 0) is 23.3 Å². The summed E-state index contributed by atoms with van der Waals surface area (Å²) in [6, 6.07) is 13.1. The maximum Gasteiger partial charge on any atom is 0.325 e. The molecular formula is C18H15N3O4. The Morgan fingerprint density at radius 3 is 2.76 bits per heavy atom. The monoisotopic (exact) mass is 337 g/mol. The molecule has 4 rings (SSSR count). The molecule has 1 spiro atoms. The third-order valence-corrected chi connectivity index (χ3v) is 4.88. The van der Waals surface area contributed by atoms with Gasteiger partial charge in [-0.1, -0.05) is 36.4 Å². The summed E-state index contributed by atoms with van der Waals surface area (Å²) >= 11 is 0. The van der Waals surface area contributed by atoms with Crippen molar-refractivity contribution < 1.29 is 14.5 Å². The SMILES string of the molecule is O=C1N[C@]2(CCc3ccccc32)C(=O)N1Cc1cccc([N+](=O)[O-])c1. The highest BCUT2D eigenvalue weighted by Gasteiger charge is 2.55. The molecule has 1 aliphatic heterocycles. The minimum atomic E-state index is -1.01. The van der Waals surface area contributed by atoms with E-state index in [-0.39, 0.29) is 18.1 Å². The molecule has 0 saturated carbocycles. The molecule has 1 N–H and O–H groups in total. The van der Waals surface area contributed by atoms with Crippen molar-refractivity contribution in [3.63, 3.8) is 0 Å². The van der Waals surface area contributed by atoms with Crippen LogP contribution in [0.25, 0.3) is 0 Å². The van der Waals surface area contributed by atoms with Crippen LogP contribution in [0.1, 0.15) is 23.1 Å². The lowest BCUT2D eigenvalue weighted by molar-refractivity contribution is -0.384. The van der Waals surface area contributed by atoms with Gasteiger partial charge in [0.05, 0.1) is 11.5 Å². The van der Waals surface area contributed by atoms with Gasteiger partial charge in [-0.2, -0.15) is 0 Å². The van der Waals surface area contributed by atoms with Crippen LogP contribution < -0.4 is 5.32 Å². The van der Waals surface area contributed by atoms with E-state index in [1.54, 1.807) is 12.1 Å². The average molecular weight is 337 g/mol. The largest absolute Gasteiger partial charge is 0.325 e. The Morgan fingerprint density at radius 2 is 1.96 bits per heavy atom. The lowest BCUT2D eigenvalue weighted by Crippen LogP contribution is -2.41. The first kappa shape index (κ1) is 15.3. The fraction of sp³-hybridized carbons (Fsp3) is 0.222. The molecule has 0 aromatic heterocycles. The molecular weight excluding hydrogens is 322 g/mol. The van der Waals surface area contributed by atoms with E-state index in [0.29, 0.717) is 12.0 Å². The summed E-state index contributed by atoms with van der Waals surface area (Å²) in [7, 11) is 0. The van der Waals surface area contributed by atoms with Gasteiger partial charge in [0.1, 0.15) is 5.54 Å². The fourth-order valence-electron chi connectivity index (χ4n) is 3.68. The number of nitro benzene ring substituents is 1. The van der Waals surface area contributed by atoms with Crippen LogP contribution in [0.5, 0.6) is 0 Å². The first-order chi connectivity index (χ1) is 12.0. The number of nitrogens with zero attached hydrogens (tertiary/aromatic N) is 2. The second-order valence-electron chi connectivity index (χ2n) is 6.31. The molecule has 7 heteroatoms. The van der Waals surface area contributed by atoms with Crippen molar-refractivity contribution in [2.75, 3.05) is 0 Å². The van der Waals surface area contributed by atoms with Gasteiger partial charge in [-0.15, -0.1) is 0 Å². The third-order valence-electron chi connectivity index (χ3n) is 4.88. The van der Waals surface area contributed by atoms with E-state index in [1.807, 2.05) is 24.3 Å². The van der Waals surface area contributed by atoms with Crippen molar-refractivity contribution in [3.05, 3.63) is 75.3 Å². The Bertz CT molecular complexity index is 911. The highest BCUT2D eigenvalue weighted by molar-refractivity contribution is 6.08. The van der Waals surface area contributed by atoms with E-state index in [0.717, 1.165) is 22.4 Å². The van der Waals surface area contributed by atoms with Crippen molar-refractivity contribution in [2.24, 2.45) is 0 Å². The summed E-state index contributed by atoms with van der Waals surface area (Å²) in [5, 5.41) is 13.8. The Labute approximate surface area is 143 Å². The van der Waals surface area contributed by atoms with E-state index < -0.39 is 16.5 Å². The van der Waals surface area contributed by atoms with Crippen LogP contribution >= 0.6 is 0 Å². The zero-order valence-corrected chi connectivity index (χ0v) is 13.3. The third kappa shape index (κ3) is 2.27. The standard InChI is InChI=1S/C18H15N3O4/c22-16-18(9-8-13-5-1-2-7-15(13)18)19-17(23)20(16)11-12-4-3-6-14(10-12)21(24)25/h1-7,10H,8-9,11H2,(H,19,23)/t18-/m0/s1. The Kier molecular flexibility index (Phi) is 3.31. The number of carbonyl (C=O) groups is 2. The Morgan fingerprint density at radius 1 is 1.16 bits per heavy atom. The van der Waals surface area contributed by atoms with E-state index in [2.05, 4.69) is 5.32 Å².